The number of nitrogens with zero attached hydrogens (tertiary/aromatic N) is 2. The molecule has 0 aliphatic heterocycles. The summed E-state index contributed by atoms with van der Waals surface area (Å²) in [5, 5.41) is 20.3. The average molecular weight is 163 g/mol. The maximum atomic E-state index is 8.93. The van der Waals surface area contributed by atoms with Crippen LogP contribution in [0.5, 0.6) is 0 Å². The van der Waals surface area contributed by atoms with Crippen LogP contribution in [0.4, 0.5) is 0 Å². The largest absolute Gasteiger partial charge is 0.365 e. The van der Waals surface area contributed by atoms with Crippen molar-refractivity contribution in [2.75, 3.05) is 7.05 Å². The molecule has 8 nitrogen and oxygen atoms in total. The standard InChI is InChI=1S/C3H13N7O/c1-6-3(11)7-2(8-4)9-10-5/h2-3,6-8,11H,4H2,1H3,(H2,5,9). The summed E-state index contributed by atoms with van der Waals surface area (Å²) in [6.07, 6.45) is -1.62. The van der Waals surface area contributed by atoms with E-state index in [-0.39, 0.29) is 0 Å². The van der Waals surface area contributed by atoms with Crippen LogP contribution in [0.2, 0.25) is 0 Å². The molecule has 0 aromatic carbocycles. The zero-order chi connectivity index (χ0) is 8.69. The number of rotatable bonds is 5. The van der Waals surface area contributed by atoms with Gasteiger partial charge in [0.25, 0.3) is 0 Å². The average Bonchev–Trinajstić information content (AvgIpc) is 2.03. The van der Waals surface area contributed by atoms with Crippen LogP contribution < -0.4 is 27.7 Å². The molecule has 0 fully saturated rings. The molecule has 11 heavy (non-hydrogen) atoms. The Morgan fingerprint density at radius 3 is 2.55 bits per heavy atom. The molecule has 0 saturated heterocycles. The quantitative estimate of drug-likeness (QED) is 0.112. The first kappa shape index (κ1) is 10.2. The van der Waals surface area contributed by atoms with Gasteiger partial charge in [-0.05, 0) is 7.05 Å². The van der Waals surface area contributed by atoms with Gasteiger partial charge < -0.3 is 10.9 Å². The molecule has 0 aliphatic carbocycles. The van der Waals surface area contributed by atoms with Crippen LogP contribution in [0.25, 0.3) is 0 Å². The number of nitrogens with two attached hydrogens (primary N) is 2. The monoisotopic (exact) mass is 163 g/mol. The van der Waals surface area contributed by atoms with Gasteiger partial charge >= 0.3 is 0 Å². The number of aliphatic hydroxyl groups is 1. The van der Waals surface area contributed by atoms with Gasteiger partial charge in [-0.15, -0.1) is 5.11 Å². The molecule has 0 amide bonds. The molecule has 0 aliphatic rings. The molecule has 0 saturated carbocycles. The fourth-order valence-electron chi connectivity index (χ4n) is 0.414. The topological polar surface area (TPSA) is 133 Å². The lowest BCUT2D eigenvalue weighted by molar-refractivity contribution is 0.0899. The Hall–Kier alpha value is -0.800. The van der Waals surface area contributed by atoms with Crippen LogP contribution in [-0.2, 0) is 0 Å². The molecule has 0 heterocycles. The summed E-state index contributed by atoms with van der Waals surface area (Å²) in [5.74, 6) is 9.74. The van der Waals surface area contributed by atoms with E-state index in [1.165, 1.54) is 0 Å². The highest BCUT2D eigenvalue weighted by molar-refractivity contribution is 4.55. The van der Waals surface area contributed by atoms with E-state index < -0.39 is 12.6 Å². The molecule has 2 atom stereocenters. The molecule has 0 aromatic heterocycles. The fourth-order valence-corrected chi connectivity index (χ4v) is 0.414. The number of nitrogens with one attached hydrogen (secondary N) is 3. The van der Waals surface area contributed by atoms with Crippen LogP contribution in [0.15, 0.2) is 10.3 Å². The predicted molar refractivity (Wildman–Crippen MR) is 38.4 cm³/mol. The highest BCUT2D eigenvalue weighted by Crippen LogP contribution is 1.78. The van der Waals surface area contributed by atoms with Gasteiger partial charge in [-0.25, -0.2) is 10.7 Å². The van der Waals surface area contributed by atoms with Crippen molar-refractivity contribution < 1.29 is 5.11 Å². The zero-order valence-electron chi connectivity index (χ0n) is 6.15. The van der Waals surface area contributed by atoms with Crippen molar-refractivity contribution in [1.29, 1.82) is 0 Å². The smallest absolute Gasteiger partial charge is 0.191 e. The van der Waals surface area contributed by atoms with Gasteiger partial charge in [0, 0.05) is 0 Å². The minimum Gasteiger partial charge on any atom is -0.365 e. The highest BCUT2D eigenvalue weighted by Gasteiger charge is 2.06. The number of hydrazine groups is 1. The maximum Gasteiger partial charge on any atom is 0.191 e. The summed E-state index contributed by atoms with van der Waals surface area (Å²) in [7, 11) is 1.56. The summed E-state index contributed by atoms with van der Waals surface area (Å²) in [5.41, 5.74) is 2.22. The van der Waals surface area contributed by atoms with E-state index in [1.807, 2.05) is 0 Å². The lowest BCUT2D eigenvalue weighted by atomic mass is 10.8. The lowest BCUT2D eigenvalue weighted by Gasteiger charge is -2.15. The van der Waals surface area contributed by atoms with Crippen LogP contribution in [0, 0.1) is 0 Å². The van der Waals surface area contributed by atoms with E-state index in [0.717, 1.165) is 0 Å². The molecule has 8 heteroatoms. The predicted octanol–water partition coefficient (Wildman–Crippen LogP) is -2.86. The molecule has 8 N–H and O–H groups in total. The van der Waals surface area contributed by atoms with Gasteiger partial charge in [0.15, 0.2) is 12.6 Å². The summed E-state index contributed by atoms with van der Waals surface area (Å²) in [6.45, 7) is 0. The van der Waals surface area contributed by atoms with Crippen LogP contribution >= 0.6 is 0 Å². The normalized spacial score (nSPS) is 17.0. The SMILES string of the molecule is CNC(O)NC(N=NN)NN. The first-order valence-electron chi connectivity index (χ1n) is 2.92. The van der Waals surface area contributed by atoms with Crippen molar-refractivity contribution in [3.63, 3.8) is 0 Å². The van der Waals surface area contributed by atoms with Crippen molar-refractivity contribution in [3.8, 4) is 0 Å². The van der Waals surface area contributed by atoms with Crippen LogP contribution in [0.3, 0.4) is 0 Å². The Balaban J connectivity index is 3.67. The van der Waals surface area contributed by atoms with Crippen molar-refractivity contribution in [2.24, 2.45) is 22.0 Å². The highest BCUT2D eigenvalue weighted by atomic mass is 16.3. The molecular weight excluding hydrogens is 150 g/mol. The molecule has 0 radical (unpaired) electrons. The molecule has 0 aromatic rings. The van der Waals surface area contributed by atoms with E-state index >= 15 is 0 Å². The second-order valence-corrected chi connectivity index (χ2v) is 1.66. The van der Waals surface area contributed by atoms with E-state index in [2.05, 4.69) is 26.4 Å². The third-order valence-corrected chi connectivity index (χ3v) is 0.929. The minimum atomic E-state index is -0.915. The summed E-state index contributed by atoms with van der Waals surface area (Å²) in [4.78, 5) is 0. The first-order valence-corrected chi connectivity index (χ1v) is 2.92. The lowest BCUT2D eigenvalue weighted by Crippen LogP contribution is -2.53. The molecule has 2 unspecified atom stereocenters. The summed E-state index contributed by atoms with van der Waals surface area (Å²) < 4.78 is 0. The Bertz CT molecular complexity index is 116. The first-order chi connectivity index (χ1) is 5.24. The van der Waals surface area contributed by atoms with Crippen molar-refractivity contribution >= 4 is 0 Å². The van der Waals surface area contributed by atoms with Crippen molar-refractivity contribution in [3.05, 3.63) is 0 Å². The van der Waals surface area contributed by atoms with Crippen molar-refractivity contribution in [2.45, 2.75) is 12.6 Å². The van der Waals surface area contributed by atoms with Gasteiger partial charge in [0.2, 0.25) is 0 Å². The fraction of sp³-hybridized carbons (Fsp3) is 1.00. The van der Waals surface area contributed by atoms with Crippen LogP contribution in [0.1, 0.15) is 0 Å². The molecule has 0 rings (SSSR count). The maximum absolute atomic E-state index is 8.93. The minimum absolute atomic E-state index is 0.706. The van der Waals surface area contributed by atoms with Gasteiger partial charge in [-0.3, -0.25) is 11.2 Å². The van der Waals surface area contributed by atoms with Gasteiger partial charge in [0.05, 0.1) is 0 Å². The Labute approximate surface area is 64.0 Å². The second-order valence-electron chi connectivity index (χ2n) is 1.66. The summed E-state index contributed by atoms with van der Waals surface area (Å²) in [6, 6.07) is 0. The van der Waals surface area contributed by atoms with Gasteiger partial charge in [0.1, 0.15) is 0 Å². The third kappa shape index (κ3) is 4.58. The molecule has 0 spiro atoms. The van der Waals surface area contributed by atoms with E-state index in [1.54, 1.807) is 7.05 Å². The van der Waals surface area contributed by atoms with Crippen LogP contribution in [-0.4, -0.2) is 24.8 Å². The van der Waals surface area contributed by atoms with Gasteiger partial charge in [-0.2, -0.15) is 0 Å². The molecular formula is C3H13N7O. The Kier molecular flexibility index (Phi) is 5.51. The van der Waals surface area contributed by atoms with E-state index in [0.29, 0.717) is 0 Å². The third-order valence-electron chi connectivity index (χ3n) is 0.929. The molecule has 0 bridgehead atoms. The Morgan fingerprint density at radius 2 is 2.18 bits per heavy atom. The zero-order valence-corrected chi connectivity index (χ0v) is 6.15. The Morgan fingerprint density at radius 1 is 1.55 bits per heavy atom. The van der Waals surface area contributed by atoms with Gasteiger partial charge in [-0.1, -0.05) is 5.22 Å². The van der Waals surface area contributed by atoms with Crippen molar-refractivity contribution in [1.82, 2.24) is 16.1 Å². The van der Waals surface area contributed by atoms with E-state index in [9.17, 15) is 0 Å². The molecule has 66 valence electrons. The van der Waals surface area contributed by atoms with E-state index in [4.69, 9.17) is 16.8 Å². The second kappa shape index (κ2) is 5.95. The number of aliphatic hydroxyl groups excluding tert-OH is 1. The number of hydrogen-bond donors (Lipinski definition) is 6. The summed E-state index contributed by atoms with van der Waals surface area (Å²) >= 11 is 0. The number of hydrogen-bond acceptors (Lipinski definition) is 7.